The van der Waals surface area contributed by atoms with Crippen molar-refractivity contribution < 1.29 is 18.3 Å². The van der Waals surface area contributed by atoms with E-state index in [4.69, 9.17) is 4.74 Å². The maximum absolute atomic E-state index is 12.8. The summed E-state index contributed by atoms with van der Waals surface area (Å²) in [5, 5.41) is 3.11. The number of anilines is 2. The molecule has 27 heavy (non-hydrogen) atoms. The second-order valence-corrected chi connectivity index (χ2v) is 6.62. The molecule has 0 aliphatic carbocycles. The Morgan fingerprint density at radius 2 is 1.81 bits per heavy atom. The molecular formula is C19H18F2N2O3S. The fourth-order valence-corrected chi connectivity index (χ4v) is 3.53. The highest BCUT2D eigenvalue weighted by molar-refractivity contribution is 7.10. The van der Waals surface area contributed by atoms with Gasteiger partial charge in [-0.2, -0.15) is 8.78 Å². The largest absolute Gasteiger partial charge is 0.435 e. The molecule has 0 fully saturated rings. The van der Waals surface area contributed by atoms with Crippen molar-refractivity contribution in [1.82, 2.24) is 3.96 Å². The van der Waals surface area contributed by atoms with Gasteiger partial charge in [0.2, 0.25) is 0 Å². The monoisotopic (exact) mass is 392 g/mol. The van der Waals surface area contributed by atoms with Crippen LogP contribution in [0.5, 0.6) is 5.75 Å². The second-order valence-electron chi connectivity index (χ2n) is 5.59. The first-order valence-corrected chi connectivity index (χ1v) is 8.96. The highest BCUT2D eigenvalue weighted by Gasteiger charge is 2.17. The molecule has 3 aromatic rings. The summed E-state index contributed by atoms with van der Waals surface area (Å²) in [4.78, 5) is 13.6. The molecule has 0 amide bonds. The summed E-state index contributed by atoms with van der Waals surface area (Å²) >= 11 is 1.35. The molecule has 0 saturated heterocycles. The van der Waals surface area contributed by atoms with E-state index in [-0.39, 0.29) is 11.3 Å². The van der Waals surface area contributed by atoms with Crippen LogP contribution in [-0.2, 0) is 11.3 Å². The van der Waals surface area contributed by atoms with Gasteiger partial charge in [-0.3, -0.25) is 8.75 Å². The van der Waals surface area contributed by atoms with Gasteiger partial charge in [-0.15, -0.1) is 0 Å². The highest BCUT2D eigenvalue weighted by Crippen LogP contribution is 2.32. The maximum atomic E-state index is 12.8. The minimum Gasteiger partial charge on any atom is -0.435 e. The fraction of sp³-hybridized carbons (Fsp3) is 0.211. The van der Waals surface area contributed by atoms with E-state index in [1.54, 1.807) is 23.2 Å². The average molecular weight is 392 g/mol. The highest BCUT2D eigenvalue weighted by atomic mass is 32.1. The number of hydrogen-bond donors (Lipinski definition) is 1. The Morgan fingerprint density at radius 1 is 1.11 bits per heavy atom. The van der Waals surface area contributed by atoms with Crippen LogP contribution in [0.25, 0.3) is 10.4 Å². The molecule has 0 spiro atoms. The second kappa shape index (κ2) is 8.79. The zero-order valence-corrected chi connectivity index (χ0v) is 15.3. The number of nitrogens with zero attached hydrogens (tertiary/aromatic N) is 1. The van der Waals surface area contributed by atoms with Crippen molar-refractivity contribution in [3.8, 4) is 16.2 Å². The van der Waals surface area contributed by atoms with Crippen molar-refractivity contribution in [3.05, 3.63) is 65.0 Å². The fourth-order valence-electron chi connectivity index (χ4n) is 2.50. The zero-order chi connectivity index (χ0) is 19.2. The molecule has 0 atom stereocenters. The number of alkyl halides is 2. The molecule has 8 heteroatoms. The van der Waals surface area contributed by atoms with Crippen LogP contribution in [0.4, 0.5) is 20.2 Å². The van der Waals surface area contributed by atoms with Crippen LogP contribution in [0.3, 0.4) is 0 Å². The maximum Gasteiger partial charge on any atom is 0.387 e. The number of rotatable bonds is 8. The smallest absolute Gasteiger partial charge is 0.387 e. The van der Waals surface area contributed by atoms with Gasteiger partial charge in [0.1, 0.15) is 11.4 Å². The molecule has 0 unspecified atom stereocenters. The first kappa shape index (κ1) is 19.1. The third-order valence-corrected chi connectivity index (χ3v) is 4.94. The van der Waals surface area contributed by atoms with Crippen LogP contribution in [0.2, 0.25) is 0 Å². The number of ether oxygens (including phenoxy) is 2. The molecule has 2 aromatic carbocycles. The Morgan fingerprint density at radius 3 is 2.44 bits per heavy atom. The molecule has 0 aliphatic heterocycles. The summed E-state index contributed by atoms with van der Waals surface area (Å²) in [5.41, 5.74) is 1.78. The quantitative estimate of drug-likeness (QED) is 0.610. The molecule has 0 bridgehead atoms. The molecule has 1 heterocycles. The zero-order valence-electron chi connectivity index (χ0n) is 14.5. The molecule has 0 saturated carbocycles. The van der Waals surface area contributed by atoms with Gasteiger partial charge in [-0.25, -0.2) is 0 Å². The summed E-state index contributed by atoms with van der Waals surface area (Å²) in [6, 6.07) is 15.6. The van der Waals surface area contributed by atoms with Crippen molar-refractivity contribution in [3.63, 3.8) is 0 Å². The van der Waals surface area contributed by atoms with E-state index in [0.29, 0.717) is 24.5 Å². The summed E-state index contributed by atoms with van der Waals surface area (Å²) in [6.07, 6.45) is 0. The van der Waals surface area contributed by atoms with Crippen LogP contribution >= 0.6 is 11.5 Å². The van der Waals surface area contributed by atoms with E-state index >= 15 is 0 Å². The minimum absolute atomic E-state index is 0.0571. The van der Waals surface area contributed by atoms with Crippen LogP contribution < -0.4 is 15.6 Å². The molecule has 0 aliphatic rings. The van der Waals surface area contributed by atoms with E-state index in [2.05, 4.69) is 10.1 Å². The number of methoxy groups -OCH3 is 1. The molecule has 3 rings (SSSR count). The predicted octanol–water partition coefficient (Wildman–Crippen LogP) is 4.57. The third kappa shape index (κ3) is 4.72. The lowest BCUT2D eigenvalue weighted by molar-refractivity contribution is -0.0498. The molecular weight excluding hydrogens is 374 g/mol. The molecule has 142 valence electrons. The van der Waals surface area contributed by atoms with E-state index in [9.17, 15) is 13.6 Å². The van der Waals surface area contributed by atoms with Crippen molar-refractivity contribution in [2.75, 3.05) is 19.0 Å². The van der Waals surface area contributed by atoms with Crippen LogP contribution in [-0.4, -0.2) is 24.3 Å². The lowest BCUT2D eigenvalue weighted by Crippen LogP contribution is -2.18. The Balaban J connectivity index is 1.93. The van der Waals surface area contributed by atoms with E-state index < -0.39 is 6.61 Å². The van der Waals surface area contributed by atoms with E-state index in [0.717, 1.165) is 10.4 Å². The molecule has 1 N–H and O–H groups in total. The van der Waals surface area contributed by atoms with Gasteiger partial charge in [0.25, 0.3) is 5.56 Å². The average Bonchev–Trinajstić information content (AvgIpc) is 2.98. The standard InChI is InChI=1S/C19H18F2N2O3S/c1-25-12-11-23-18(24)16(17(27-23)13-5-3-2-4-6-13)22-14-7-9-15(10-8-14)26-19(20)21/h2-10,19,22H,11-12H2,1H3. The first-order valence-electron chi connectivity index (χ1n) is 8.19. The Labute approximate surface area is 158 Å². The number of hydrogen-bond acceptors (Lipinski definition) is 5. The van der Waals surface area contributed by atoms with Gasteiger partial charge >= 0.3 is 6.61 Å². The van der Waals surface area contributed by atoms with Crippen LogP contribution in [0.15, 0.2) is 59.4 Å². The van der Waals surface area contributed by atoms with Crippen molar-refractivity contribution in [2.45, 2.75) is 13.2 Å². The number of nitrogens with one attached hydrogen (secondary N) is 1. The number of aromatic nitrogens is 1. The van der Waals surface area contributed by atoms with Crippen molar-refractivity contribution >= 4 is 22.9 Å². The first-order chi connectivity index (χ1) is 13.1. The van der Waals surface area contributed by atoms with Gasteiger partial charge in [0, 0.05) is 12.8 Å². The summed E-state index contributed by atoms with van der Waals surface area (Å²) < 4.78 is 35.6. The van der Waals surface area contributed by atoms with Gasteiger partial charge < -0.3 is 14.8 Å². The lowest BCUT2D eigenvalue weighted by atomic mass is 10.1. The Hall–Kier alpha value is -2.71. The lowest BCUT2D eigenvalue weighted by Gasteiger charge is -2.08. The number of halogens is 2. The minimum atomic E-state index is -2.88. The topological polar surface area (TPSA) is 52.5 Å². The van der Waals surface area contributed by atoms with E-state index in [1.807, 2.05) is 30.3 Å². The van der Waals surface area contributed by atoms with Gasteiger partial charge in [-0.05, 0) is 29.8 Å². The van der Waals surface area contributed by atoms with E-state index in [1.165, 1.54) is 23.7 Å². The van der Waals surface area contributed by atoms with Crippen LogP contribution in [0.1, 0.15) is 0 Å². The van der Waals surface area contributed by atoms with Crippen LogP contribution in [0, 0.1) is 0 Å². The van der Waals surface area contributed by atoms with Gasteiger partial charge in [0.05, 0.1) is 18.0 Å². The van der Waals surface area contributed by atoms with Gasteiger partial charge in [-0.1, -0.05) is 41.9 Å². The van der Waals surface area contributed by atoms with Gasteiger partial charge in [0.15, 0.2) is 0 Å². The Kier molecular flexibility index (Phi) is 6.20. The third-order valence-electron chi connectivity index (χ3n) is 3.75. The Bertz CT molecular complexity index is 924. The molecule has 5 nitrogen and oxygen atoms in total. The predicted molar refractivity (Wildman–Crippen MR) is 102 cm³/mol. The summed E-state index contributed by atoms with van der Waals surface area (Å²) in [7, 11) is 1.58. The number of benzene rings is 2. The molecule has 1 aromatic heterocycles. The van der Waals surface area contributed by atoms with Crippen molar-refractivity contribution in [2.24, 2.45) is 0 Å². The molecule has 0 radical (unpaired) electrons. The summed E-state index contributed by atoms with van der Waals surface area (Å²) in [5.74, 6) is 0.0571. The SMILES string of the molecule is COCCn1sc(-c2ccccc2)c(Nc2ccc(OC(F)F)cc2)c1=O. The normalized spacial score (nSPS) is 11.0. The van der Waals surface area contributed by atoms with Crippen molar-refractivity contribution in [1.29, 1.82) is 0 Å². The summed E-state index contributed by atoms with van der Waals surface area (Å²) in [6.45, 7) is -2.01.